The number of nitro groups is 1. The molecule has 0 aliphatic carbocycles. The molecule has 3 rings (SSSR count). The fourth-order valence-electron chi connectivity index (χ4n) is 3.17. The van der Waals surface area contributed by atoms with Gasteiger partial charge in [0.1, 0.15) is 0 Å². The third-order valence-electron chi connectivity index (χ3n) is 4.73. The molecule has 144 valence electrons. The van der Waals surface area contributed by atoms with E-state index in [9.17, 15) is 15.2 Å². The maximum atomic E-state index is 10.8. The van der Waals surface area contributed by atoms with Crippen LogP contribution in [0.1, 0.15) is 22.8 Å². The van der Waals surface area contributed by atoms with E-state index < -0.39 is 6.10 Å². The number of rotatable bonds is 9. The molecule has 1 atom stereocenters. The molecule has 0 aliphatic rings. The van der Waals surface area contributed by atoms with E-state index in [4.69, 9.17) is 0 Å². The lowest BCUT2D eigenvalue weighted by atomic mass is 10.1. The molecule has 3 aromatic carbocycles. The highest BCUT2D eigenvalue weighted by Gasteiger charge is 2.14. The van der Waals surface area contributed by atoms with Gasteiger partial charge in [0.2, 0.25) is 0 Å². The van der Waals surface area contributed by atoms with Gasteiger partial charge in [0, 0.05) is 31.8 Å². The summed E-state index contributed by atoms with van der Waals surface area (Å²) in [6, 6.07) is 26.5. The molecule has 0 fully saturated rings. The fraction of sp³-hybridized carbons (Fsp3) is 0.217. The minimum atomic E-state index is -0.568. The highest BCUT2D eigenvalue weighted by molar-refractivity contribution is 5.33. The number of hydrogen-bond donors (Lipinski definition) is 1. The van der Waals surface area contributed by atoms with E-state index >= 15 is 0 Å². The fourth-order valence-corrected chi connectivity index (χ4v) is 3.17. The molecule has 0 spiro atoms. The first kappa shape index (κ1) is 19.7. The Bertz CT molecular complexity index is 867. The quantitative estimate of drug-likeness (QED) is 0.445. The summed E-state index contributed by atoms with van der Waals surface area (Å²) in [7, 11) is 0. The van der Waals surface area contributed by atoms with Gasteiger partial charge in [-0.25, -0.2) is 0 Å². The summed E-state index contributed by atoms with van der Waals surface area (Å²) in [4.78, 5) is 12.6. The highest BCUT2D eigenvalue weighted by atomic mass is 16.6. The van der Waals surface area contributed by atoms with E-state index in [0.717, 1.165) is 30.6 Å². The second kappa shape index (κ2) is 9.78. The van der Waals surface area contributed by atoms with Gasteiger partial charge in [-0.2, -0.15) is 0 Å². The van der Waals surface area contributed by atoms with Crippen LogP contribution in [0.4, 0.5) is 5.69 Å². The lowest BCUT2D eigenvalue weighted by molar-refractivity contribution is -0.384. The van der Waals surface area contributed by atoms with E-state index in [-0.39, 0.29) is 10.6 Å². The van der Waals surface area contributed by atoms with Gasteiger partial charge in [0.15, 0.2) is 0 Å². The van der Waals surface area contributed by atoms with Crippen molar-refractivity contribution >= 4 is 5.69 Å². The average molecular weight is 376 g/mol. The van der Waals surface area contributed by atoms with Crippen LogP contribution in [0.15, 0.2) is 84.9 Å². The Morgan fingerprint density at radius 1 is 0.857 bits per heavy atom. The third-order valence-corrected chi connectivity index (χ3v) is 4.73. The average Bonchev–Trinajstić information content (AvgIpc) is 2.73. The summed E-state index contributed by atoms with van der Waals surface area (Å²) in [6.45, 7) is 2.00. The SMILES string of the molecule is O=[N+]([O-])c1ccc(CCN(Cc2ccccc2)C[C@@H](O)c2ccccc2)cc1. The highest BCUT2D eigenvalue weighted by Crippen LogP contribution is 2.17. The van der Waals surface area contributed by atoms with Gasteiger partial charge >= 0.3 is 0 Å². The molecule has 0 saturated heterocycles. The maximum absolute atomic E-state index is 10.8. The Morgan fingerprint density at radius 3 is 2.07 bits per heavy atom. The van der Waals surface area contributed by atoms with Crippen molar-refractivity contribution in [3.05, 3.63) is 112 Å². The van der Waals surface area contributed by atoms with Crippen LogP contribution in [-0.2, 0) is 13.0 Å². The van der Waals surface area contributed by atoms with Gasteiger partial charge in [-0.15, -0.1) is 0 Å². The van der Waals surface area contributed by atoms with Crippen LogP contribution >= 0.6 is 0 Å². The second-order valence-corrected chi connectivity index (χ2v) is 6.82. The van der Waals surface area contributed by atoms with Crippen LogP contribution in [0.2, 0.25) is 0 Å². The van der Waals surface area contributed by atoms with E-state index in [1.807, 2.05) is 48.5 Å². The van der Waals surface area contributed by atoms with Crippen molar-refractivity contribution < 1.29 is 10.0 Å². The van der Waals surface area contributed by atoms with Crippen molar-refractivity contribution in [3.63, 3.8) is 0 Å². The van der Waals surface area contributed by atoms with Gasteiger partial charge < -0.3 is 5.11 Å². The molecule has 0 radical (unpaired) electrons. The maximum Gasteiger partial charge on any atom is 0.269 e. The Balaban J connectivity index is 1.67. The Hall–Kier alpha value is -3.02. The summed E-state index contributed by atoms with van der Waals surface area (Å²) >= 11 is 0. The standard InChI is InChI=1S/C23H24N2O3/c26-23(21-9-5-2-6-10-21)18-24(17-20-7-3-1-4-8-20)16-15-19-11-13-22(14-12-19)25(27)28/h1-14,23,26H,15-18H2/t23-/m1/s1. The van der Waals surface area contributed by atoms with Gasteiger partial charge in [0.25, 0.3) is 5.69 Å². The molecule has 0 saturated carbocycles. The second-order valence-electron chi connectivity index (χ2n) is 6.82. The van der Waals surface area contributed by atoms with Gasteiger partial charge in [-0.1, -0.05) is 72.8 Å². The largest absolute Gasteiger partial charge is 0.387 e. The lowest BCUT2D eigenvalue weighted by Gasteiger charge is -2.25. The summed E-state index contributed by atoms with van der Waals surface area (Å²) in [5.74, 6) is 0. The molecule has 28 heavy (non-hydrogen) atoms. The minimum absolute atomic E-state index is 0.101. The van der Waals surface area contributed by atoms with Gasteiger partial charge in [-0.3, -0.25) is 15.0 Å². The van der Waals surface area contributed by atoms with Crippen LogP contribution in [0.5, 0.6) is 0 Å². The van der Waals surface area contributed by atoms with Crippen molar-refractivity contribution in [3.8, 4) is 0 Å². The summed E-state index contributed by atoms with van der Waals surface area (Å²) in [5.41, 5.74) is 3.23. The van der Waals surface area contributed by atoms with Crippen LogP contribution in [0, 0.1) is 10.1 Å². The molecule has 5 heteroatoms. The molecule has 1 N–H and O–H groups in total. The summed E-state index contributed by atoms with van der Waals surface area (Å²) in [5, 5.41) is 21.5. The smallest absolute Gasteiger partial charge is 0.269 e. The Morgan fingerprint density at radius 2 is 1.46 bits per heavy atom. The summed E-state index contributed by atoms with van der Waals surface area (Å²) in [6.07, 6.45) is 0.188. The number of aliphatic hydroxyl groups is 1. The minimum Gasteiger partial charge on any atom is -0.387 e. The monoisotopic (exact) mass is 376 g/mol. The first-order valence-electron chi connectivity index (χ1n) is 9.34. The molecule has 0 bridgehead atoms. The molecular weight excluding hydrogens is 352 g/mol. The van der Waals surface area contributed by atoms with Gasteiger partial charge in [0.05, 0.1) is 11.0 Å². The van der Waals surface area contributed by atoms with Crippen LogP contribution in [-0.4, -0.2) is 28.0 Å². The van der Waals surface area contributed by atoms with Crippen molar-refractivity contribution in [2.45, 2.75) is 19.1 Å². The number of non-ortho nitro benzene ring substituents is 1. The molecule has 0 aromatic heterocycles. The van der Waals surface area contributed by atoms with E-state index in [0.29, 0.717) is 6.54 Å². The predicted octanol–water partition coefficient (Wildman–Crippen LogP) is 4.37. The van der Waals surface area contributed by atoms with Crippen LogP contribution < -0.4 is 0 Å². The zero-order chi connectivity index (χ0) is 19.8. The number of benzene rings is 3. The van der Waals surface area contributed by atoms with Crippen molar-refractivity contribution in [1.82, 2.24) is 4.90 Å². The molecule has 0 unspecified atom stereocenters. The van der Waals surface area contributed by atoms with Gasteiger partial charge in [-0.05, 0) is 23.1 Å². The van der Waals surface area contributed by atoms with Crippen molar-refractivity contribution in [2.75, 3.05) is 13.1 Å². The number of nitrogens with zero attached hydrogens (tertiary/aromatic N) is 2. The molecule has 3 aromatic rings. The molecule has 0 heterocycles. The Kier molecular flexibility index (Phi) is 6.89. The lowest BCUT2D eigenvalue weighted by Crippen LogP contribution is -2.30. The zero-order valence-electron chi connectivity index (χ0n) is 15.6. The molecule has 0 amide bonds. The zero-order valence-corrected chi connectivity index (χ0v) is 15.6. The topological polar surface area (TPSA) is 66.6 Å². The number of aliphatic hydroxyl groups excluding tert-OH is 1. The number of hydrogen-bond acceptors (Lipinski definition) is 4. The van der Waals surface area contributed by atoms with Crippen LogP contribution in [0.3, 0.4) is 0 Å². The van der Waals surface area contributed by atoms with E-state index in [2.05, 4.69) is 17.0 Å². The van der Waals surface area contributed by atoms with Crippen molar-refractivity contribution in [1.29, 1.82) is 0 Å². The molecular formula is C23H24N2O3. The first-order chi connectivity index (χ1) is 13.6. The number of nitro benzene ring substituents is 1. The first-order valence-corrected chi connectivity index (χ1v) is 9.34. The van der Waals surface area contributed by atoms with E-state index in [1.54, 1.807) is 12.1 Å². The summed E-state index contributed by atoms with van der Waals surface area (Å²) < 4.78 is 0. The van der Waals surface area contributed by atoms with E-state index in [1.165, 1.54) is 17.7 Å². The van der Waals surface area contributed by atoms with Crippen LogP contribution in [0.25, 0.3) is 0 Å². The third kappa shape index (κ3) is 5.74. The Labute approximate surface area is 165 Å². The molecule has 0 aliphatic heterocycles. The normalized spacial score (nSPS) is 12.1. The van der Waals surface area contributed by atoms with Crippen molar-refractivity contribution in [2.24, 2.45) is 0 Å². The molecule has 5 nitrogen and oxygen atoms in total. The predicted molar refractivity (Wildman–Crippen MR) is 110 cm³/mol.